The molecular formula is C22H28N4OS. The Balaban J connectivity index is 1.20. The minimum absolute atomic E-state index is 0.0312. The molecule has 28 heavy (non-hydrogen) atoms. The van der Waals surface area contributed by atoms with Crippen LogP contribution < -0.4 is 5.32 Å². The monoisotopic (exact) mass is 396 g/mol. The van der Waals surface area contributed by atoms with Gasteiger partial charge in [0.1, 0.15) is 5.82 Å². The van der Waals surface area contributed by atoms with Crippen LogP contribution >= 0.6 is 11.8 Å². The number of aromatic nitrogens is 3. The van der Waals surface area contributed by atoms with Crippen LogP contribution in [-0.4, -0.2) is 26.4 Å². The van der Waals surface area contributed by atoms with Crippen LogP contribution in [0, 0.1) is 0 Å². The van der Waals surface area contributed by atoms with E-state index in [1.807, 2.05) is 0 Å². The average molecular weight is 397 g/mol. The minimum atomic E-state index is 0.0312. The molecule has 1 amide bonds. The van der Waals surface area contributed by atoms with Gasteiger partial charge in [-0.3, -0.25) is 4.79 Å². The van der Waals surface area contributed by atoms with Gasteiger partial charge in [-0.25, -0.2) is 0 Å². The molecule has 5 rings (SSSR count). The van der Waals surface area contributed by atoms with Crippen molar-refractivity contribution < 1.29 is 4.79 Å². The molecule has 0 aliphatic heterocycles. The van der Waals surface area contributed by atoms with Crippen molar-refractivity contribution in [2.24, 2.45) is 0 Å². The largest absolute Gasteiger partial charge is 0.349 e. The second kappa shape index (κ2) is 7.54. The van der Waals surface area contributed by atoms with E-state index in [4.69, 9.17) is 0 Å². The summed E-state index contributed by atoms with van der Waals surface area (Å²) < 4.78 is 2.31. The number of benzene rings is 1. The number of hydrogen-bond donors (Lipinski definition) is 1. The Hall–Kier alpha value is -1.82. The van der Waals surface area contributed by atoms with Crippen molar-refractivity contribution in [1.82, 2.24) is 20.1 Å². The molecule has 1 heterocycles. The molecule has 1 unspecified atom stereocenters. The number of nitrogens with one attached hydrogen (secondary N) is 1. The third-order valence-electron chi connectivity index (χ3n) is 6.13. The van der Waals surface area contributed by atoms with Crippen molar-refractivity contribution in [3.63, 3.8) is 0 Å². The maximum atomic E-state index is 12.5. The topological polar surface area (TPSA) is 59.8 Å². The zero-order valence-electron chi connectivity index (χ0n) is 16.5. The Morgan fingerprint density at radius 1 is 1.18 bits per heavy atom. The quantitative estimate of drug-likeness (QED) is 0.707. The molecule has 0 saturated heterocycles. The summed E-state index contributed by atoms with van der Waals surface area (Å²) in [5.41, 5.74) is 4.15. The summed E-state index contributed by atoms with van der Waals surface area (Å²) in [6.07, 6.45) is 9.82. The molecule has 148 valence electrons. The first kappa shape index (κ1) is 18.2. The molecule has 2 aromatic rings. The molecule has 0 spiro atoms. The molecule has 2 fully saturated rings. The van der Waals surface area contributed by atoms with E-state index in [1.54, 1.807) is 0 Å². The van der Waals surface area contributed by atoms with Gasteiger partial charge in [0.15, 0.2) is 5.16 Å². The molecule has 1 aromatic heterocycles. The van der Waals surface area contributed by atoms with Gasteiger partial charge in [0.2, 0.25) is 5.91 Å². The smallest absolute Gasteiger partial charge is 0.230 e. The second-order valence-corrected chi connectivity index (χ2v) is 9.47. The summed E-state index contributed by atoms with van der Waals surface area (Å²) in [6, 6.07) is 7.31. The third-order valence-corrected chi connectivity index (χ3v) is 7.07. The van der Waals surface area contributed by atoms with E-state index in [0.29, 0.717) is 17.7 Å². The predicted molar refractivity (Wildman–Crippen MR) is 111 cm³/mol. The van der Waals surface area contributed by atoms with Gasteiger partial charge in [-0.1, -0.05) is 30.0 Å². The van der Waals surface area contributed by atoms with E-state index in [9.17, 15) is 4.79 Å². The molecule has 1 N–H and O–H groups in total. The molecule has 1 atom stereocenters. The van der Waals surface area contributed by atoms with E-state index in [2.05, 4.69) is 45.2 Å². The van der Waals surface area contributed by atoms with Gasteiger partial charge in [0.05, 0.1) is 11.8 Å². The molecule has 0 radical (unpaired) electrons. The predicted octanol–water partition coefficient (Wildman–Crippen LogP) is 4.34. The number of nitrogens with zero attached hydrogens (tertiary/aromatic N) is 3. The molecule has 2 saturated carbocycles. The number of thioether (sulfide) groups is 1. The average Bonchev–Trinajstić information content (AvgIpc) is 3.64. The Morgan fingerprint density at radius 3 is 2.71 bits per heavy atom. The maximum Gasteiger partial charge on any atom is 0.230 e. The standard InChI is InChI=1S/C22H28N4OS/c1-14(17-9-6-15-4-2-3-5-18(15)12-17)23-20(27)13-28-22-25-24-21(16-7-8-16)26(22)19-10-11-19/h6,9,12,14,16,19H,2-5,7-8,10-11,13H2,1H3,(H,23,27). The van der Waals surface area contributed by atoms with Crippen LogP contribution in [0.25, 0.3) is 0 Å². The highest BCUT2D eigenvalue weighted by atomic mass is 32.2. The number of amides is 1. The lowest BCUT2D eigenvalue weighted by Crippen LogP contribution is -2.28. The third kappa shape index (κ3) is 3.84. The number of hydrogen-bond acceptors (Lipinski definition) is 4. The van der Waals surface area contributed by atoms with Crippen LogP contribution in [0.4, 0.5) is 0 Å². The van der Waals surface area contributed by atoms with Crippen molar-refractivity contribution in [2.45, 2.75) is 81.4 Å². The Morgan fingerprint density at radius 2 is 1.96 bits per heavy atom. The van der Waals surface area contributed by atoms with E-state index in [1.165, 1.54) is 79.8 Å². The minimum Gasteiger partial charge on any atom is -0.349 e. The first-order valence-corrected chi connectivity index (χ1v) is 11.7. The van der Waals surface area contributed by atoms with Crippen molar-refractivity contribution in [1.29, 1.82) is 0 Å². The van der Waals surface area contributed by atoms with Crippen LogP contribution in [0.15, 0.2) is 23.4 Å². The van der Waals surface area contributed by atoms with Crippen LogP contribution in [0.1, 0.15) is 86.0 Å². The molecular weight excluding hydrogens is 368 g/mol. The van der Waals surface area contributed by atoms with Gasteiger partial charge >= 0.3 is 0 Å². The summed E-state index contributed by atoms with van der Waals surface area (Å²) in [6.45, 7) is 2.07. The lowest BCUT2D eigenvalue weighted by atomic mass is 9.89. The van der Waals surface area contributed by atoms with E-state index >= 15 is 0 Å². The van der Waals surface area contributed by atoms with Crippen LogP contribution in [-0.2, 0) is 17.6 Å². The van der Waals surface area contributed by atoms with Crippen molar-refractivity contribution in [3.8, 4) is 0 Å². The van der Waals surface area contributed by atoms with Crippen LogP contribution in [0.5, 0.6) is 0 Å². The Labute approximate surface area is 170 Å². The van der Waals surface area contributed by atoms with Gasteiger partial charge in [-0.15, -0.1) is 10.2 Å². The van der Waals surface area contributed by atoms with Crippen LogP contribution in [0.2, 0.25) is 0 Å². The van der Waals surface area contributed by atoms with E-state index < -0.39 is 0 Å². The highest BCUT2D eigenvalue weighted by molar-refractivity contribution is 7.99. The van der Waals surface area contributed by atoms with Gasteiger partial charge < -0.3 is 9.88 Å². The number of aryl methyl sites for hydroxylation is 2. The van der Waals surface area contributed by atoms with Gasteiger partial charge in [0.25, 0.3) is 0 Å². The van der Waals surface area contributed by atoms with Crippen LogP contribution in [0.3, 0.4) is 0 Å². The summed E-state index contributed by atoms with van der Waals surface area (Å²) in [7, 11) is 0. The van der Waals surface area contributed by atoms with Gasteiger partial charge in [0, 0.05) is 12.0 Å². The normalized spacial score (nSPS) is 19.9. The van der Waals surface area contributed by atoms with E-state index in [-0.39, 0.29) is 11.9 Å². The van der Waals surface area contributed by atoms with Crippen molar-refractivity contribution in [2.75, 3.05) is 5.75 Å². The summed E-state index contributed by atoms with van der Waals surface area (Å²) in [4.78, 5) is 12.5. The highest BCUT2D eigenvalue weighted by Gasteiger charge is 2.36. The summed E-state index contributed by atoms with van der Waals surface area (Å²) in [5.74, 6) is 2.20. The summed E-state index contributed by atoms with van der Waals surface area (Å²) >= 11 is 1.53. The molecule has 0 bridgehead atoms. The summed E-state index contributed by atoms with van der Waals surface area (Å²) in [5, 5.41) is 12.9. The Bertz CT molecular complexity index is 885. The molecule has 3 aliphatic carbocycles. The number of carbonyl (C=O) groups excluding carboxylic acids is 1. The molecule has 5 nitrogen and oxygen atoms in total. The molecule has 3 aliphatic rings. The maximum absolute atomic E-state index is 12.5. The first-order chi connectivity index (χ1) is 13.7. The molecule has 1 aromatic carbocycles. The lowest BCUT2D eigenvalue weighted by Gasteiger charge is -2.20. The number of fused-ring (bicyclic) bond motifs is 1. The SMILES string of the molecule is CC(NC(=O)CSc1nnc(C2CC2)n1C1CC1)c1ccc2c(c1)CCCC2. The fourth-order valence-corrected chi connectivity index (χ4v) is 5.03. The van der Waals surface area contributed by atoms with Crippen molar-refractivity contribution in [3.05, 3.63) is 40.7 Å². The zero-order chi connectivity index (χ0) is 19.1. The van der Waals surface area contributed by atoms with E-state index in [0.717, 1.165) is 11.0 Å². The van der Waals surface area contributed by atoms with Crippen molar-refractivity contribution >= 4 is 17.7 Å². The van der Waals surface area contributed by atoms with Gasteiger partial charge in [-0.2, -0.15) is 0 Å². The fourth-order valence-electron chi connectivity index (χ4n) is 4.20. The van der Waals surface area contributed by atoms with Gasteiger partial charge in [-0.05, 0) is 75.0 Å². The fraction of sp³-hybridized carbons (Fsp3) is 0.591. The lowest BCUT2D eigenvalue weighted by molar-refractivity contribution is -0.119. The Kier molecular flexibility index (Phi) is 4.91. The first-order valence-electron chi connectivity index (χ1n) is 10.7. The number of carbonyl (C=O) groups is 1. The zero-order valence-corrected chi connectivity index (χ0v) is 17.3. The number of rotatable bonds is 7. The highest BCUT2D eigenvalue weighted by Crippen LogP contribution is 2.46. The molecule has 6 heteroatoms. The second-order valence-electron chi connectivity index (χ2n) is 8.53.